The molecule has 2 heterocycles. The Morgan fingerprint density at radius 2 is 1.89 bits per heavy atom. The summed E-state index contributed by atoms with van der Waals surface area (Å²) in [5, 5.41) is 9.37. The van der Waals surface area contributed by atoms with E-state index in [1.807, 2.05) is 56.3 Å². The van der Waals surface area contributed by atoms with Gasteiger partial charge in [0, 0.05) is 5.56 Å². The third kappa shape index (κ3) is 6.88. The molecule has 0 fully saturated rings. The fourth-order valence-electron chi connectivity index (χ4n) is 5.10. The van der Waals surface area contributed by atoms with Crippen molar-refractivity contribution in [2.45, 2.75) is 46.4 Å². The van der Waals surface area contributed by atoms with Gasteiger partial charge in [-0.2, -0.15) is 5.26 Å². The number of rotatable bonds is 10. The number of carbonyl (C=O) groups excluding carboxylic acids is 1. The van der Waals surface area contributed by atoms with Crippen LogP contribution in [0.3, 0.4) is 0 Å². The summed E-state index contributed by atoms with van der Waals surface area (Å²) in [5.74, 6) is 1.18. The number of hydrogen-bond donors (Lipinski definition) is 0. The monoisotopic (exact) mass is 749 g/mol. The number of aromatic nitrogens is 1. The number of methoxy groups -OCH3 is 1. The number of hydrogen-bond acceptors (Lipinski definition) is 9. The molecule has 0 unspecified atom stereocenters. The minimum atomic E-state index is -0.786. The highest BCUT2D eigenvalue weighted by Gasteiger charge is 2.34. The van der Waals surface area contributed by atoms with E-state index in [4.69, 9.17) is 18.9 Å². The average Bonchev–Trinajstić information content (AvgIpc) is 3.33. The lowest BCUT2D eigenvalue weighted by Crippen LogP contribution is -2.40. The Labute approximate surface area is 284 Å². The summed E-state index contributed by atoms with van der Waals surface area (Å²) in [6.07, 6.45) is 1.74. The Morgan fingerprint density at radius 3 is 2.59 bits per heavy atom. The van der Waals surface area contributed by atoms with E-state index in [2.05, 4.69) is 33.7 Å². The van der Waals surface area contributed by atoms with Crippen LogP contribution in [0.4, 0.5) is 0 Å². The lowest BCUT2D eigenvalue weighted by atomic mass is 9.95. The number of carbonyl (C=O) groups is 1. The van der Waals surface area contributed by atoms with Gasteiger partial charge in [-0.3, -0.25) is 9.36 Å². The van der Waals surface area contributed by atoms with Crippen LogP contribution in [0.15, 0.2) is 81.7 Å². The van der Waals surface area contributed by atoms with Crippen molar-refractivity contribution in [3.05, 3.63) is 117 Å². The normalized spacial score (nSPS) is 14.4. The van der Waals surface area contributed by atoms with Crippen molar-refractivity contribution in [1.82, 2.24) is 4.57 Å². The van der Waals surface area contributed by atoms with E-state index in [1.165, 1.54) is 11.3 Å². The molecule has 0 bridgehead atoms. The summed E-state index contributed by atoms with van der Waals surface area (Å²) in [4.78, 5) is 32.5. The number of esters is 1. The standard InChI is InChI=1S/C35H32IN3O6S/c1-6-43-34(41)31-21(4)38-35-39(32(31)23-12-14-28(45-20(2)3)29(17-23)42-5)33(40)30(46-35)16-22-11-13-27(26(36)15-22)44-19-25-10-8-7-9-24(25)18-37/h7-17,20,32H,6,19H2,1-5H3/b30-16-/t32-/m0/s1. The second kappa shape index (κ2) is 14.3. The maximum absolute atomic E-state index is 14.1. The summed E-state index contributed by atoms with van der Waals surface area (Å²) in [6, 6.07) is 19.8. The summed E-state index contributed by atoms with van der Waals surface area (Å²) in [7, 11) is 1.55. The zero-order chi connectivity index (χ0) is 33.0. The number of thiazole rings is 1. The molecule has 0 aliphatic carbocycles. The number of nitriles is 1. The molecule has 9 nitrogen and oxygen atoms in total. The molecule has 0 saturated carbocycles. The topological polar surface area (TPSA) is 112 Å². The number of halogens is 1. The van der Waals surface area contributed by atoms with Crippen molar-refractivity contribution < 1.29 is 23.7 Å². The first-order chi connectivity index (χ1) is 22.1. The van der Waals surface area contributed by atoms with E-state index in [-0.39, 0.29) is 30.5 Å². The van der Waals surface area contributed by atoms with Crippen LogP contribution in [0.1, 0.15) is 56.0 Å². The van der Waals surface area contributed by atoms with Gasteiger partial charge in [0.1, 0.15) is 12.4 Å². The van der Waals surface area contributed by atoms with Gasteiger partial charge in [0.2, 0.25) is 0 Å². The molecule has 0 spiro atoms. The van der Waals surface area contributed by atoms with E-state index in [0.29, 0.717) is 43.4 Å². The highest BCUT2D eigenvalue weighted by molar-refractivity contribution is 14.1. The van der Waals surface area contributed by atoms with E-state index >= 15 is 0 Å². The van der Waals surface area contributed by atoms with Crippen LogP contribution in [0.5, 0.6) is 17.2 Å². The number of nitrogens with zero attached hydrogens (tertiary/aromatic N) is 3. The van der Waals surface area contributed by atoms with E-state index < -0.39 is 12.0 Å². The summed E-state index contributed by atoms with van der Waals surface area (Å²) < 4.78 is 25.8. The predicted molar refractivity (Wildman–Crippen MR) is 184 cm³/mol. The molecular formula is C35H32IN3O6S. The molecule has 11 heteroatoms. The second-order valence-electron chi connectivity index (χ2n) is 10.6. The fourth-order valence-corrected chi connectivity index (χ4v) is 6.84. The molecule has 1 aliphatic rings. The quantitative estimate of drug-likeness (QED) is 0.152. The molecule has 4 aromatic rings. The molecule has 1 aromatic heterocycles. The molecule has 236 valence electrons. The summed E-state index contributed by atoms with van der Waals surface area (Å²) in [5.41, 5.74) is 3.32. The average molecular weight is 750 g/mol. The number of allylic oxidation sites excluding steroid dienone is 1. The first-order valence-electron chi connectivity index (χ1n) is 14.6. The number of fused-ring (bicyclic) bond motifs is 1. The van der Waals surface area contributed by atoms with Gasteiger partial charge in [0.05, 0.1) is 56.9 Å². The SMILES string of the molecule is CCOC(=O)C1=C(C)N=c2s/c(=C\c3ccc(OCc4ccccc4C#N)c(I)c3)c(=O)n2[C@H]1c1ccc(OC(C)C)c(OC)c1. The fraction of sp³-hybridized carbons (Fsp3) is 0.257. The van der Waals surface area contributed by atoms with Gasteiger partial charge in [0.25, 0.3) is 5.56 Å². The molecular weight excluding hydrogens is 717 g/mol. The first-order valence-corrected chi connectivity index (χ1v) is 16.5. The van der Waals surface area contributed by atoms with Gasteiger partial charge < -0.3 is 18.9 Å². The zero-order valence-corrected chi connectivity index (χ0v) is 29.0. The molecule has 1 aliphatic heterocycles. The van der Waals surface area contributed by atoms with E-state index in [1.54, 1.807) is 49.8 Å². The zero-order valence-electron chi connectivity index (χ0n) is 26.0. The first kappa shape index (κ1) is 33.0. The molecule has 5 rings (SSSR count). The molecule has 1 atom stereocenters. The van der Waals surface area contributed by atoms with Crippen LogP contribution in [0.25, 0.3) is 6.08 Å². The number of ether oxygens (including phenoxy) is 4. The largest absolute Gasteiger partial charge is 0.493 e. The van der Waals surface area contributed by atoms with Crippen LogP contribution in [0.2, 0.25) is 0 Å². The van der Waals surface area contributed by atoms with Crippen LogP contribution in [-0.4, -0.2) is 30.4 Å². The number of benzene rings is 3. The Bertz CT molecular complexity index is 2060. The van der Waals surface area contributed by atoms with Gasteiger partial charge in [-0.25, -0.2) is 9.79 Å². The molecule has 0 N–H and O–H groups in total. The lowest BCUT2D eigenvalue weighted by molar-refractivity contribution is -0.139. The third-order valence-corrected chi connectivity index (χ3v) is 8.98. The Kier molecular flexibility index (Phi) is 10.3. The smallest absolute Gasteiger partial charge is 0.338 e. The molecule has 0 amide bonds. The van der Waals surface area contributed by atoms with E-state index in [9.17, 15) is 14.9 Å². The van der Waals surface area contributed by atoms with Crippen molar-refractivity contribution in [2.24, 2.45) is 4.99 Å². The summed E-state index contributed by atoms with van der Waals surface area (Å²) in [6.45, 7) is 7.78. The Balaban J connectivity index is 1.55. The predicted octanol–water partition coefficient (Wildman–Crippen LogP) is 5.65. The molecule has 3 aromatic carbocycles. The molecule has 0 saturated heterocycles. The second-order valence-corrected chi connectivity index (χ2v) is 12.8. The van der Waals surface area contributed by atoms with Gasteiger partial charge in [-0.1, -0.05) is 41.7 Å². The molecule has 0 radical (unpaired) electrons. The minimum Gasteiger partial charge on any atom is -0.493 e. The van der Waals surface area contributed by atoms with Crippen LogP contribution in [-0.2, 0) is 16.1 Å². The van der Waals surface area contributed by atoms with Gasteiger partial charge in [-0.05, 0) is 97.8 Å². The van der Waals surface area contributed by atoms with Crippen molar-refractivity contribution in [3.8, 4) is 23.3 Å². The summed E-state index contributed by atoms with van der Waals surface area (Å²) >= 11 is 3.44. The third-order valence-electron chi connectivity index (χ3n) is 7.16. The van der Waals surface area contributed by atoms with Gasteiger partial charge in [-0.15, -0.1) is 0 Å². The molecule has 46 heavy (non-hydrogen) atoms. The van der Waals surface area contributed by atoms with Crippen molar-refractivity contribution >= 4 is 46.0 Å². The van der Waals surface area contributed by atoms with Gasteiger partial charge >= 0.3 is 5.97 Å². The van der Waals surface area contributed by atoms with Crippen molar-refractivity contribution in [3.63, 3.8) is 0 Å². The van der Waals surface area contributed by atoms with Crippen molar-refractivity contribution in [2.75, 3.05) is 13.7 Å². The lowest BCUT2D eigenvalue weighted by Gasteiger charge is -2.25. The van der Waals surface area contributed by atoms with Crippen LogP contribution in [0, 0.1) is 14.9 Å². The minimum absolute atomic E-state index is 0.0707. The maximum Gasteiger partial charge on any atom is 0.338 e. The Morgan fingerprint density at radius 1 is 1.13 bits per heavy atom. The van der Waals surface area contributed by atoms with Crippen LogP contribution < -0.4 is 29.1 Å². The highest BCUT2D eigenvalue weighted by atomic mass is 127. The highest BCUT2D eigenvalue weighted by Crippen LogP contribution is 2.36. The van der Waals surface area contributed by atoms with Crippen LogP contribution >= 0.6 is 33.9 Å². The van der Waals surface area contributed by atoms with Gasteiger partial charge in [0.15, 0.2) is 16.3 Å². The maximum atomic E-state index is 14.1. The van der Waals surface area contributed by atoms with Crippen molar-refractivity contribution in [1.29, 1.82) is 5.26 Å². The van der Waals surface area contributed by atoms with E-state index in [0.717, 1.165) is 14.7 Å². The Hall–Kier alpha value is -4.41.